The fraction of sp³-hybridized carbons (Fsp3) is 0.923. The molecule has 1 aliphatic carbocycles. The van der Waals surface area contributed by atoms with Crippen LogP contribution in [0.2, 0.25) is 0 Å². The standard InChI is InChI=1S/C13H24O4/c1-4-13(3,5-2)17-11-9-7-6-8-10(11)16-12(14)15/h10-11H,4-9H2,1-3H3,(H,14,15). The van der Waals surface area contributed by atoms with Crippen LogP contribution in [-0.2, 0) is 9.47 Å². The lowest BCUT2D eigenvalue weighted by Crippen LogP contribution is -2.42. The lowest BCUT2D eigenvalue weighted by atomic mass is 9.92. The molecule has 1 aliphatic rings. The van der Waals surface area contributed by atoms with Gasteiger partial charge in [-0.25, -0.2) is 4.79 Å². The molecule has 2 atom stereocenters. The monoisotopic (exact) mass is 244 g/mol. The van der Waals surface area contributed by atoms with Gasteiger partial charge >= 0.3 is 6.16 Å². The van der Waals surface area contributed by atoms with Crippen molar-refractivity contribution in [2.75, 3.05) is 0 Å². The first-order valence-electron chi connectivity index (χ1n) is 6.58. The van der Waals surface area contributed by atoms with E-state index in [4.69, 9.17) is 14.6 Å². The van der Waals surface area contributed by atoms with Crippen molar-refractivity contribution in [1.82, 2.24) is 0 Å². The summed E-state index contributed by atoms with van der Waals surface area (Å²) < 4.78 is 11.0. The van der Waals surface area contributed by atoms with Gasteiger partial charge in [0.15, 0.2) is 0 Å². The number of hydrogen-bond donors (Lipinski definition) is 1. The number of rotatable bonds is 5. The Hall–Kier alpha value is -0.770. The van der Waals surface area contributed by atoms with Gasteiger partial charge in [0, 0.05) is 0 Å². The van der Waals surface area contributed by atoms with E-state index in [9.17, 15) is 4.79 Å². The highest BCUT2D eigenvalue weighted by Gasteiger charge is 2.34. The number of ether oxygens (including phenoxy) is 2. The molecule has 0 aromatic carbocycles. The van der Waals surface area contributed by atoms with Crippen molar-refractivity contribution in [3.63, 3.8) is 0 Å². The first-order valence-corrected chi connectivity index (χ1v) is 6.58. The summed E-state index contributed by atoms with van der Waals surface area (Å²) in [6, 6.07) is 0. The molecule has 1 rings (SSSR count). The molecule has 100 valence electrons. The van der Waals surface area contributed by atoms with E-state index in [1.807, 2.05) is 0 Å². The van der Waals surface area contributed by atoms with E-state index in [0.29, 0.717) is 0 Å². The van der Waals surface area contributed by atoms with E-state index in [1.54, 1.807) is 0 Å². The zero-order valence-corrected chi connectivity index (χ0v) is 11.1. The highest BCUT2D eigenvalue weighted by atomic mass is 16.7. The van der Waals surface area contributed by atoms with Crippen molar-refractivity contribution in [3.05, 3.63) is 0 Å². The zero-order valence-electron chi connectivity index (χ0n) is 11.1. The molecule has 0 aromatic rings. The lowest BCUT2D eigenvalue weighted by Gasteiger charge is -2.37. The maximum absolute atomic E-state index is 10.6. The topological polar surface area (TPSA) is 55.8 Å². The Morgan fingerprint density at radius 2 is 1.76 bits per heavy atom. The van der Waals surface area contributed by atoms with Crippen LogP contribution in [0.3, 0.4) is 0 Å². The quantitative estimate of drug-likeness (QED) is 0.751. The first-order chi connectivity index (χ1) is 8.00. The third-order valence-corrected chi connectivity index (χ3v) is 3.83. The molecule has 0 saturated heterocycles. The molecule has 17 heavy (non-hydrogen) atoms. The predicted molar refractivity (Wildman–Crippen MR) is 65.2 cm³/mol. The van der Waals surface area contributed by atoms with Gasteiger partial charge in [0.2, 0.25) is 0 Å². The van der Waals surface area contributed by atoms with E-state index in [0.717, 1.165) is 38.5 Å². The molecule has 1 saturated carbocycles. The van der Waals surface area contributed by atoms with Crippen molar-refractivity contribution < 1.29 is 19.4 Å². The molecule has 1 fully saturated rings. The smallest absolute Gasteiger partial charge is 0.450 e. The summed E-state index contributed by atoms with van der Waals surface area (Å²) >= 11 is 0. The van der Waals surface area contributed by atoms with Gasteiger partial charge in [-0.05, 0) is 39.0 Å². The second kappa shape index (κ2) is 6.24. The van der Waals surface area contributed by atoms with Crippen LogP contribution in [0.4, 0.5) is 4.79 Å². The second-order valence-corrected chi connectivity index (χ2v) is 5.02. The fourth-order valence-electron chi connectivity index (χ4n) is 2.24. The minimum absolute atomic E-state index is 0.0789. The van der Waals surface area contributed by atoms with Crippen molar-refractivity contribution in [2.24, 2.45) is 0 Å². The van der Waals surface area contributed by atoms with E-state index < -0.39 is 6.16 Å². The average Bonchev–Trinajstić information content (AvgIpc) is 2.31. The summed E-state index contributed by atoms with van der Waals surface area (Å²) in [6.45, 7) is 6.28. The third-order valence-electron chi connectivity index (χ3n) is 3.83. The Morgan fingerprint density at radius 1 is 1.24 bits per heavy atom. The van der Waals surface area contributed by atoms with Gasteiger partial charge in [-0.2, -0.15) is 0 Å². The molecule has 0 aliphatic heterocycles. The molecule has 0 radical (unpaired) electrons. The van der Waals surface area contributed by atoms with Gasteiger partial charge in [0.25, 0.3) is 0 Å². The SMILES string of the molecule is CCC(C)(CC)OC1CCCCC1OC(=O)O. The summed E-state index contributed by atoms with van der Waals surface area (Å²) in [6.07, 6.45) is 4.08. The summed E-state index contributed by atoms with van der Waals surface area (Å²) in [7, 11) is 0. The lowest BCUT2D eigenvalue weighted by molar-refractivity contribution is -0.147. The maximum Gasteiger partial charge on any atom is 0.506 e. The van der Waals surface area contributed by atoms with Gasteiger partial charge < -0.3 is 14.6 Å². The van der Waals surface area contributed by atoms with Gasteiger partial charge in [-0.3, -0.25) is 0 Å². The molecule has 2 unspecified atom stereocenters. The van der Waals surface area contributed by atoms with E-state index in [2.05, 4.69) is 20.8 Å². The van der Waals surface area contributed by atoms with Crippen LogP contribution >= 0.6 is 0 Å². The molecular formula is C13H24O4. The van der Waals surface area contributed by atoms with Crippen LogP contribution in [0.15, 0.2) is 0 Å². The molecule has 0 heterocycles. The van der Waals surface area contributed by atoms with E-state index in [-0.39, 0.29) is 17.8 Å². The third kappa shape index (κ3) is 4.19. The molecule has 0 amide bonds. The summed E-state index contributed by atoms with van der Waals surface area (Å²) in [4.78, 5) is 10.6. The highest BCUT2D eigenvalue weighted by molar-refractivity contribution is 5.57. The number of carboxylic acid groups (broad SMARTS) is 1. The maximum atomic E-state index is 10.6. The molecule has 0 spiro atoms. The van der Waals surface area contributed by atoms with Crippen molar-refractivity contribution in [1.29, 1.82) is 0 Å². The molecule has 1 N–H and O–H groups in total. The minimum atomic E-state index is -1.19. The highest BCUT2D eigenvalue weighted by Crippen LogP contribution is 2.30. The van der Waals surface area contributed by atoms with Gasteiger partial charge in [-0.15, -0.1) is 0 Å². The molecule has 4 nitrogen and oxygen atoms in total. The van der Waals surface area contributed by atoms with Crippen LogP contribution in [0.1, 0.15) is 59.3 Å². The van der Waals surface area contributed by atoms with E-state index in [1.165, 1.54) is 0 Å². The molecule has 4 heteroatoms. The van der Waals surface area contributed by atoms with Crippen LogP contribution in [0.25, 0.3) is 0 Å². The number of hydrogen-bond acceptors (Lipinski definition) is 3. The van der Waals surface area contributed by atoms with Crippen LogP contribution in [0, 0.1) is 0 Å². The van der Waals surface area contributed by atoms with E-state index >= 15 is 0 Å². The molecule has 0 aromatic heterocycles. The van der Waals surface area contributed by atoms with Crippen LogP contribution in [-0.4, -0.2) is 29.1 Å². The van der Waals surface area contributed by atoms with Gasteiger partial charge in [0.05, 0.1) is 11.7 Å². The Morgan fingerprint density at radius 3 is 2.24 bits per heavy atom. The predicted octanol–water partition coefficient (Wildman–Crippen LogP) is 3.59. The molecular weight excluding hydrogens is 220 g/mol. The summed E-state index contributed by atoms with van der Waals surface area (Å²) in [5, 5.41) is 8.72. The van der Waals surface area contributed by atoms with Gasteiger partial charge in [-0.1, -0.05) is 20.3 Å². The Balaban J connectivity index is 2.61. The normalized spacial score (nSPS) is 25.6. The zero-order chi connectivity index (χ0) is 12.9. The van der Waals surface area contributed by atoms with Crippen molar-refractivity contribution in [2.45, 2.75) is 77.1 Å². The molecule has 0 bridgehead atoms. The number of carbonyl (C=O) groups is 1. The summed E-state index contributed by atoms with van der Waals surface area (Å²) in [5.74, 6) is 0. The summed E-state index contributed by atoms with van der Waals surface area (Å²) in [5.41, 5.74) is -0.165. The van der Waals surface area contributed by atoms with Gasteiger partial charge in [0.1, 0.15) is 6.10 Å². The second-order valence-electron chi connectivity index (χ2n) is 5.02. The average molecular weight is 244 g/mol. The Bertz CT molecular complexity index is 248. The fourth-order valence-corrected chi connectivity index (χ4v) is 2.24. The van der Waals surface area contributed by atoms with Crippen LogP contribution in [0.5, 0.6) is 0 Å². The van der Waals surface area contributed by atoms with Crippen LogP contribution < -0.4 is 0 Å². The first kappa shape index (κ1) is 14.3. The minimum Gasteiger partial charge on any atom is -0.450 e. The van der Waals surface area contributed by atoms with Crippen molar-refractivity contribution >= 4 is 6.16 Å². The largest absolute Gasteiger partial charge is 0.506 e. The Kier molecular flexibility index (Phi) is 5.25. The Labute approximate surface area is 103 Å². The van der Waals surface area contributed by atoms with Crippen molar-refractivity contribution in [3.8, 4) is 0 Å².